The number of benzene rings is 1. The summed E-state index contributed by atoms with van der Waals surface area (Å²) in [7, 11) is -5.92. The summed E-state index contributed by atoms with van der Waals surface area (Å²) in [5.41, 5.74) is 0.00972. The molecule has 0 saturated carbocycles. The largest absolute Gasteiger partial charge is 0.462 e. The number of rotatable bonds is 10. The molecule has 5 atom stereocenters. The number of hydrogen-bond donors (Lipinski definition) is 0. The minimum Gasteiger partial charge on any atom is -0.462 e. The average Bonchev–Trinajstić information content (AvgIpc) is 2.63. The Hall–Kier alpha value is -0.359. The topological polar surface area (TPSA) is 89.3 Å². The maximum atomic E-state index is 11.0. The van der Waals surface area contributed by atoms with Crippen LogP contribution in [0, 0.1) is 10.1 Å². The normalized spacial score (nSPS) is 26.8. The molecule has 1 aliphatic heterocycles. The third-order valence-electron chi connectivity index (χ3n) is 4.51. The van der Waals surface area contributed by atoms with E-state index >= 15 is 0 Å². The van der Waals surface area contributed by atoms with Crippen LogP contribution in [0.4, 0.5) is 5.69 Å². The van der Waals surface area contributed by atoms with Crippen LogP contribution in [-0.4, -0.2) is 65.0 Å². The molecule has 12 heteroatoms. The zero-order chi connectivity index (χ0) is 25.2. The lowest BCUT2D eigenvalue weighted by Gasteiger charge is -2.50. The molecule has 1 aliphatic rings. The van der Waals surface area contributed by atoms with Gasteiger partial charge in [-0.3, -0.25) is 10.1 Å². The highest BCUT2D eigenvalue weighted by molar-refractivity contribution is 14.1. The van der Waals surface area contributed by atoms with E-state index in [0.29, 0.717) is 10.2 Å². The van der Waals surface area contributed by atoms with Crippen LogP contribution in [0.5, 0.6) is 5.75 Å². The van der Waals surface area contributed by atoms with Crippen LogP contribution < -0.4 is 4.74 Å². The van der Waals surface area contributed by atoms with Gasteiger partial charge in [0.2, 0.25) is 6.29 Å². The number of nitro benzene ring substituents is 1. The molecule has 1 aromatic rings. The van der Waals surface area contributed by atoms with E-state index in [2.05, 4.69) is 81.5 Å². The van der Waals surface area contributed by atoms with Gasteiger partial charge in [-0.2, -0.15) is 0 Å². The molecule has 0 aromatic heterocycles. The third kappa shape index (κ3) is 9.31. The van der Waals surface area contributed by atoms with Crippen molar-refractivity contribution in [1.29, 1.82) is 0 Å². The van der Waals surface area contributed by atoms with E-state index in [-0.39, 0.29) is 24.0 Å². The van der Waals surface area contributed by atoms with Crippen molar-refractivity contribution in [1.82, 2.24) is 0 Å². The van der Waals surface area contributed by atoms with Crippen molar-refractivity contribution >= 4 is 53.2 Å². The van der Waals surface area contributed by atoms with E-state index in [0.717, 1.165) is 0 Å². The van der Waals surface area contributed by atoms with Crippen LogP contribution in [0.1, 0.15) is 0 Å². The lowest BCUT2D eigenvalue weighted by molar-refractivity contribution is -0.384. The minimum absolute atomic E-state index is 0.00972. The van der Waals surface area contributed by atoms with E-state index in [1.54, 1.807) is 12.1 Å². The van der Waals surface area contributed by atoms with Crippen molar-refractivity contribution in [2.45, 2.75) is 89.6 Å². The van der Waals surface area contributed by atoms with Crippen molar-refractivity contribution in [3.63, 3.8) is 0 Å². The Morgan fingerprint density at radius 3 is 1.73 bits per heavy atom. The fraction of sp³-hybridized carbons (Fsp3) is 0.714. The molecule has 0 aliphatic carbocycles. The first-order valence-electron chi connectivity index (χ1n) is 11.1. The minimum atomic E-state index is -2.03. The highest BCUT2D eigenvalue weighted by Gasteiger charge is 2.52. The molecule has 2 rings (SSSR count). The summed E-state index contributed by atoms with van der Waals surface area (Å²) >= 11 is 2.31. The first-order valence-corrected chi connectivity index (χ1v) is 22.9. The maximum absolute atomic E-state index is 11.0. The number of ether oxygens (including phenoxy) is 2. The Kier molecular flexibility index (Phi) is 9.75. The zero-order valence-electron chi connectivity index (χ0n) is 21.1. The summed E-state index contributed by atoms with van der Waals surface area (Å²) in [6.45, 7) is 19.3. The lowest BCUT2D eigenvalue weighted by Crippen LogP contribution is -2.66. The van der Waals surface area contributed by atoms with E-state index in [9.17, 15) is 10.1 Å². The van der Waals surface area contributed by atoms with Crippen molar-refractivity contribution in [3.8, 4) is 5.75 Å². The molecule has 0 spiro atoms. The van der Waals surface area contributed by atoms with Gasteiger partial charge in [0, 0.05) is 16.6 Å². The van der Waals surface area contributed by atoms with Crippen LogP contribution in [0.2, 0.25) is 58.9 Å². The monoisotopic (exact) mass is 627 g/mol. The molecule has 0 unspecified atom stereocenters. The quantitative estimate of drug-likeness (QED) is 0.107. The van der Waals surface area contributed by atoms with E-state index in [4.69, 9.17) is 22.8 Å². The molecule has 33 heavy (non-hydrogen) atoms. The summed E-state index contributed by atoms with van der Waals surface area (Å²) in [5.74, 6) is 0.485. The number of alkyl halides is 1. The zero-order valence-corrected chi connectivity index (χ0v) is 26.2. The van der Waals surface area contributed by atoms with E-state index in [1.807, 2.05) is 0 Å². The smallest absolute Gasteiger partial charge is 0.269 e. The van der Waals surface area contributed by atoms with Crippen molar-refractivity contribution in [3.05, 3.63) is 34.4 Å². The Bertz CT molecular complexity index is 793. The molecular formula is C21H38INO7Si3. The molecule has 1 saturated heterocycles. The third-order valence-corrected chi connectivity index (χ3v) is 8.32. The second-order valence-electron chi connectivity index (χ2n) is 11.2. The molecule has 1 aromatic carbocycles. The summed E-state index contributed by atoms with van der Waals surface area (Å²) in [6.07, 6.45) is -2.05. The Morgan fingerprint density at radius 2 is 1.30 bits per heavy atom. The van der Waals surface area contributed by atoms with Crippen LogP contribution in [-0.2, 0) is 18.0 Å². The number of nitrogens with zero attached hydrogens (tertiary/aromatic N) is 1. The maximum Gasteiger partial charge on any atom is 0.269 e. The number of nitro groups is 1. The number of non-ortho nitro benzene ring substituents is 1. The van der Waals surface area contributed by atoms with Gasteiger partial charge in [-0.25, -0.2) is 0 Å². The SMILES string of the molecule is C[Si](C)(C)O[C@@H]1[C@H](O[Si](C)(C)C)[C@@H](Oc2ccc([N+](=O)[O-])cc2)O[C@H](CI)[C@H]1O[Si](C)(C)C. The summed E-state index contributed by atoms with van der Waals surface area (Å²) in [4.78, 5) is 10.6. The van der Waals surface area contributed by atoms with Gasteiger partial charge in [0.1, 0.15) is 18.0 Å². The lowest BCUT2D eigenvalue weighted by atomic mass is 10.00. The van der Waals surface area contributed by atoms with Crippen LogP contribution in [0.3, 0.4) is 0 Å². The summed E-state index contributed by atoms with van der Waals surface area (Å²) in [6, 6.07) is 6.03. The second kappa shape index (κ2) is 11.1. The molecule has 0 radical (unpaired) electrons. The summed E-state index contributed by atoms with van der Waals surface area (Å²) in [5, 5.41) is 11.0. The van der Waals surface area contributed by atoms with Crippen LogP contribution >= 0.6 is 22.6 Å². The highest BCUT2D eigenvalue weighted by atomic mass is 127. The first kappa shape index (κ1) is 28.9. The van der Waals surface area contributed by atoms with Gasteiger partial charge in [0.05, 0.1) is 17.1 Å². The standard InChI is InChI=1S/C21H38INO7Si3/c1-31(2,3)28-18-17(14-22)27-21(26-16-12-10-15(11-13-16)23(24)25)20(30-33(7,8)9)19(18)29-32(4,5)6/h10-13,17-21H,14H2,1-9H3/t17-,18-,19+,20+,21+/m1/s1. The van der Waals surface area contributed by atoms with Gasteiger partial charge in [-0.05, 0) is 71.1 Å². The molecular weight excluding hydrogens is 589 g/mol. The molecule has 0 amide bonds. The van der Waals surface area contributed by atoms with Crippen molar-refractivity contribution in [2.24, 2.45) is 0 Å². The number of halogens is 1. The van der Waals surface area contributed by atoms with E-state index < -0.39 is 42.3 Å². The van der Waals surface area contributed by atoms with E-state index in [1.165, 1.54) is 12.1 Å². The highest BCUT2D eigenvalue weighted by Crippen LogP contribution is 2.35. The van der Waals surface area contributed by atoms with Gasteiger partial charge in [0.15, 0.2) is 25.0 Å². The van der Waals surface area contributed by atoms with Crippen molar-refractivity contribution < 1.29 is 27.7 Å². The average molecular weight is 628 g/mol. The predicted molar refractivity (Wildman–Crippen MR) is 146 cm³/mol. The molecule has 1 heterocycles. The van der Waals surface area contributed by atoms with Gasteiger partial charge in [0.25, 0.3) is 5.69 Å². The Balaban J connectivity index is 2.47. The van der Waals surface area contributed by atoms with Gasteiger partial charge in [-0.1, -0.05) is 22.6 Å². The molecule has 0 bridgehead atoms. The van der Waals surface area contributed by atoms with Crippen molar-refractivity contribution in [2.75, 3.05) is 4.43 Å². The number of hydrogen-bond acceptors (Lipinski definition) is 7. The molecule has 1 fully saturated rings. The fourth-order valence-corrected chi connectivity index (χ4v) is 7.46. The van der Waals surface area contributed by atoms with Gasteiger partial charge < -0.3 is 22.8 Å². The molecule has 8 nitrogen and oxygen atoms in total. The molecule has 0 N–H and O–H groups in total. The summed E-state index contributed by atoms with van der Waals surface area (Å²) < 4.78 is 33.4. The Morgan fingerprint density at radius 1 is 0.848 bits per heavy atom. The van der Waals surface area contributed by atoms with Crippen LogP contribution in [0.15, 0.2) is 24.3 Å². The van der Waals surface area contributed by atoms with Crippen LogP contribution in [0.25, 0.3) is 0 Å². The molecule has 188 valence electrons. The van der Waals surface area contributed by atoms with Gasteiger partial charge >= 0.3 is 0 Å². The first-order chi connectivity index (χ1) is 15.0. The predicted octanol–water partition coefficient (Wildman–Crippen LogP) is 5.79. The van der Waals surface area contributed by atoms with Gasteiger partial charge in [-0.15, -0.1) is 0 Å². The Labute approximate surface area is 214 Å². The second-order valence-corrected chi connectivity index (χ2v) is 25.4. The fourth-order valence-electron chi connectivity index (χ4n) is 3.50.